The normalized spacial score (nSPS) is 18.1. The Morgan fingerprint density at radius 2 is 1.64 bits per heavy atom. The van der Waals surface area contributed by atoms with E-state index in [4.69, 9.17) is 14.5 Å². The number of aromatic nitrogens is 1. The third-order valence-corrected chi connectivity index (χ3v) is 8.89. The van der Waals surface area contributed by atoms with Crippen LogP contribution in [0, 0.1) is 33.8 Å². The predicted molar refractivity (Wildman–Crippen MR) is 172 cm³/mol. The van der Waals surface area contributed by atoms with Gasteiger partial charge in [0.2, 0.25) is 5.88 Å². The van der Waals surface area contributed by atoms with E-state index in [-0.39, 0.29) is 44.4 Å². The van der Waals surface area contributed by atoms with Crippen LogP contribution >= 0.6 is 0 Å². The standard InChI is InChI=1S/C38H35N2O3.Pt/c1-21-13-23(3)34(24(4)14-21)27-17-28(37-40-36-32(43-37)20-25-9-7-8-10-30(25)38(36,5)6)19-29(18-27)42-33-12-11-26-15-22(2)16-31(41)35(26)39-33;/h7-18,32,36,41H,20H2,1-6H3;/q-1;/t32-,36-;/m1./s1. The number of hydrogen-bond acceptors (Lipinski definition) is 5. The van der Waals surface area contributed by atoms with Crippen molar-refractivity contribution in [2.24, 2.45) is 4.99 Å². The van der Waals surface area contributed by atoms with Crippen molar-refractivity contribution in [1.82, 2.24) is 4.98 Å². The number of nitrogens with zero attached hydrogens (tertiary/aromatic N) is 2. The van der Waals surface area contributed by atoms with E-state index in [9.17, 15) is 5.11 Å². The van der Waals surface area contributed by atoms with E-state index in [0.717, 1.165) is 34.1 Å². The van der Waals surface area contributed by atoms with Crippen LogP contribution in [0.15, 0.2) is 77.8 Å². The SMILES string of the molecule is Cc1cc(C)c(-c2cc(Oc3ccc4cc(C)cc(O)c4n3)[c-]c(C3=N[C@@H]4[C@@H](Cc5ccccc5C4(C)C)O3)c2)c(C)c1.[Pt]. The minimum absolute atomic E-state index is 0. The first-order valence-electron chi connectivity index (χ1n) is 14.8. The van der Waals surface area contributed by atoms with Crippen LogP contribution in [0.5, 0.6) is 17.4 Å². The van der Waals surface area contributed by atoms with E-state index < -0.39 is 0 Å². The van der Waals surface area contributed by atoms with Crippen LogP contribution in [0.3, 0.4) is 0 Å². The Bertz CT molecular complexity index is 1940. The Labute approximate surface area is 273 Å². The first-order valence-corrected chi connectivity index (χ1v) is 14.8. The Morgan fingerprint density at radius 3 is 2.41 bits per heavy atom. The molecule has 7 rings (SSSR count). The molecule has 44 heavy (non-hydrogen) atoms. The van der Waals surface area contributed by atoms with Gasteiger partial charge in [0.1, 0.15) is 23.3 Å². The largest absolute Gasteiger partial charge is 0.514 e. The van der Waals surface area contributed by atoms with E-state index >= 15 is 0 Å². The molecule has 1 aliphatic carbocycles. The molecule has 5 nitrogen and oxygen atoms in total. The first kappa shape index (κ1) is 30.1. The van der Waals surface area contributed by atoms with Crippen molar-refractivity contribution in [2.45, 2.75) is 65.5 Å². The molecule has 0 saturated heterocycles. The third kappa shape index (κ3) is 5.22. The molecule has 0 bridgehead atoms. The maximum Gasteiger partial charge on any atom is 0.217 e. The van der Waals surface area contributed by atoms with Crippen LogP contribution in [0.25, 0.3) is 22.0 Å². The van der Waals surface area contributed by atoms with Gasteiger partial charge in [0, 0.05) is 50.1 Å². The minimum Gasteiger partial charge on any atom is -0.514 e. The van der Waals surface area contributed by atoms with Gasteiger partial charge in [-0.25, -0.2) is 4.98 Å². The molecule has 1 N–H and O–H groups in total. The average Bonchev–Trinajstić information content (AvgIpc) is 3.38. The van der Waals surface area contributed by atoms with Gasteiger partial charge in [0.25, 0.3) is 0 Å². The molecule has 5 aromatic rings. The summed E-state index contributed by atoms with van der Waals surface area (Å²) in [6, 6.07) is 28.0. The van der Waals surface area contributed by atoms with Crippen molar-refractivity contribution < 1.29 is 35.6 Å². The van der Waals surface area contributed by atoms with Gasteiger partial charge >= 0.3 is 0 Å². The fourth-order valence-corrected chi connectivity index (χ4v) is 7.07. The summed E-state index contributed by atoms with van der Waals surface area (Å²) in [5.74, 6) is 1.60. The second kappa shape index (κ2) is 11.2. The number of phenols is 1. The van der Waals surface area contributed by atoms with Crippen LogP contribution in [0.2, 0.25) is 0 Å². The molecule has 4 aromatic carbocycles. The van der Waals surface area contributed by atoms with Gasteiger partial charge in [-0.3, -0.25) is 4.99 Å². The number of benzene rings is 4. The van der Waals surface area contributed by atoms with Crippen LogP contribution in [0.4, 0.5) is 0 Å². The number of rotatable bonds is 4. The summed E-state index contributed by atoms with van der Waals surface area (Å²) >= 11 is 0. The molecule has 0 unspecified atom stereocenters. The molecule has 226 valence electrons. The van der Waals surface area contributed by atoms with Gasteiger partial charge < -0.3 is 14.6 Å². The number of aliphatic imine (C=N–C) groups is 1. The Hall–Kier alpha value is -3.95. The fraction of sp³-hybridized carbons (Fsp3) is 0.263. The molecule has 2 atom stereocenters. The van der Waals surface area contributed by atoms with Crippen LogP contribution < -0.4 is 4.74 Å². The second-order valence-corrected chi connectivity index (χ2v) is 12.6. The van der Waals surface area contributed by atoms with Gasteiger partial charge in [-0.1, -0.05) is 79.1 Å². The van der Waals surface area contributed by atoms with Crippen molar-refractivity contribution in [3.63, 3.8) is 0 Å². The second-order valence-electron chi connectivity index (χ2n) is 12.6. The fourth-order valence-electron chi connectivity index (χ4n) is 7.07. The molecule has 6 heteroatoms. The van der Waals surface area contributed by atoms with Crippen molar-refractivity contribution >= 4 is 16.8 Å². The Kier molecular flexibility index (Phi) is 7.66. The number of hydrogen-bond donors (Lipinski definition) is 1. The summed E-state index contributed by atoms with van der Waals surface area (Å²) in [6.07, 6.45) is 0.776. The van der Waals surface area contributed by atoms with Crippen LogP contribution in [0.1, 0.15) is 52.8 Å². The van der Waals surface area contributed by atoms with E-state index in [1.165, 1.54) is 27.8 Å². The van der Waals surface area contributed by atoms with Crippen molar-refractivity contribution in [1.29, 1.82) is 0 Å². The molecule has 2 heterocycles. The monoisotopic (exact) mass is 762 g/mol. The first-order chi connectivity index (χ1) is 20.6. The average molecular weight is 763 g/mol. The summed E-state index contributed by atoms with van der Waals surface area (Å²) < 4.78 is 13.0. The van der Waals surface area contributed by atoms with Crippen molar-refractivity contribution in [3.8, 4) is 28.5 Å². The van der Waals surface area contributed by atoms with Crippen molar-refractivity contribution in [2.75, 3.05) is 0 Å². The quantitative estimate of drug-likeness (QED) is 0.187. The van der Waals surface area contributed by atoms with E-state index in [2.05, 4.69) is 88.1 Å². The molecular weight excluding hydrogens is 728 g/mol. The maximum absolute atomic E-state index is 10.6. The Balaban J connectivity index is 0.00000343. The van der Waals surface area contributed by atoms with Gasteiger partial charge in [-0.15, -0.1) is 6.07 Å². The Morgan fingerprint density at radius 1 is 0.909 bits per heavy atom. The smallest absolute Gasteiger partial charge is 0.217 e. The molecule has 0 amide bonds. The topological polar surface area (TPSA) is 63.9 Å². The van der Waals surface area contributed by atoms with E-state index in [1.54, 1.807) is 6.07 Å². The minimum atomic E-state index is -0.169. The molecular formula is C38H35N2O3Pt-. The molecule has 0 saturated carbocycles. The zero-order chi connectivity index (χ0) is 30.0. The molecule has 1 aliphatic heterocycles. The van der Waals surface area contributed by atoms with Gasteiger partial charge in [0.15, 0.2) is 0 Å². The number of pyridine rings is 1. The zero-order valence-corrected chi connectivity index (χ0v) is 28.0. The number of fused-ring (bicyclic) bond motifs is 3. The summed E-state index contributed by atoms with van der Waals surface area (Å²) in [5.41, 5.74) is 10.4. The number of phenolic OH excluding ortho intramolecular Hbond substituents is 1. The third-order valence-electron chi connectivity index (χ3n) is 8.89. The van der Waals surface area contributed by atoms with E-state index in [0.29, 0.717) is 23.0 Å². The molecule has 2 aliphatic rings. The summed E-state index contributed by atoms with van der Waals surface area (Å²) in [6.45, 7) is 12.9. The molecule has 0 spiro atoms. The van der Waals surface area contributed by atoms with Crippen LogP contribution in [-0.4, -0.2) is 28.1 Å². The maximum atomic E-state index is 10.6. The van der Waals surface area contributed by atoms with Gasteiger partial charge in [-0.2, -0.15) is 0 Å². The van der Waals surface area contributed by atoms with Gasteiger partial charge in [-0.05, 0) is 79.3 Å². The van der Waals surface area contributed by atoms with Gasteiger partial charge in [0.05, 0.1) is 6.04 Å². The van der Waals surface area contributed by atoms with E-state index in [1.807, 2.05) is 31.2 Å². The van der Waals surface area contributed by atoms with Crippen LogP contribution in [-0.2, 0) is 37.6 Å². The molecule has 0 fully saturated rings. The number of aryl methyl sites for hydroxylation is 4. The summed E-state index contributed by atoms with van der Waals surface area (Å²) in [4.78, 5) is 9.83. The summed E-state index contributed by atoms with van der Waals surface area (Å²) in [7, 11) is 0. The summed E-state index contributed by atoms with van der Waals surface area (Å²) in [5, 5.41) is 11.4. The molecule has 0 radical (unpaired) electrons. The number of ether oxygens (including phenoxy) is 2. The molecule has 1 aromatic heterocycles. The zero-order valence-electron chi connectivity index (χ0n) is 25.8. The number of aromatic hydroxyl groups is 1. The van der Waals surface area contributed by atoms with Crippen molar-refractivity contribution in [3.05, 3.63) is 118 Å². The predicted octanol–water partition coefficient (Wildman–Crippen LogP) is 8.48.